The van der Waals surface area contributed by atoms with Crippen LogP contribution in [-0.4, -0.2) is 18.4 Å². The van der Waals surface area contributed by atoms with Crippen LogP contribution in [0.2, 0.25) is 0 Å². The van der Waals surface area contributed by atoms with Crippen molar-refractivity contribution in [1.82, 2.24) is 0 Å². The molecule has 2 aliphatic rings. The zero-order valence-electron chi connectivity index (χ0n) is 16.6. The minimum absolute atomic E-state index is 0.00137. The first-order valence-corrected chi connectivity index (χ1v) is 9.53. The number of anilines is 1. The quantitative estimate of drug-likeness (QED) is 0.812. The van der Waals surface area contributed by atoms with Gasteiger partial charge in [-0.05, 0) is 79.1 Å². The first kappa shape index (κ1) is 18.2. The molecule has 142 valence electrons. The molecule has 2 aromatic carbocycles. The van der Waals surface area contributed by atoms with E-state index in [1.165, 1.54) is 11.1 Å². The molecule has 0 atom stereocenters. The van der Waals surface area contributed by atoms with Crippen LogP contribution in [0.15, 0.2) is 48.1 Å². The summed E-state index contributed by atoms with van der Waals surface area (Å²) in [6.07, 6.45) is 1.45. The zero-order chi connectivity index (χ0) is 20.2. The molecular weight excluding hydrogens is 348 g/mol. The van der Waals surface area contributed by atoms with Crippen molar-refractivity contribution in [3.05, 3.63) is 70.3 Å². The van der Waals surface area contributed by atoms with Crippen LogP contribution in [-0.2, 0) is 11.2 Å². The second kappa shape index (κ2) is 6.48. The number of nitrogens with two attached hydrogens (primary N) is 1. The van der Waals surface area contributed by atoms with Crippen LogP contribution >= 0.6 is 0 Å². The third-order valence-corrected chi connectivity index (χ3v) is 6.11. The van der Waals surface area contributed by atoms with Gasteiger partial charge >= 0.3 is 0 Å². The third-order valence-electron chi connectivity index (χ3n) is 6.11. The second-order valence-corrected chi connectivity index (χ2v) is 7.72. The molecule has 0 spiro atoms. The molecule has 1 saturated heterocycles. The van der Waals surface area contributed by atoms with Gasteiger partial charge in [0.15, 0.2) is 0 Å². The number of carbonyl (C=O) groups is 2. The van der Waals surface area contributed by atoms with E-state index in [2.05, 4.69) is 26.5 Å². The summed E-state index contributed by atoms with van der Waals surface area (Å²) in [4.78, 5) is 26.2. The van der Waals surface area contributed by atoms with E-state index in [4.69, 9.17) is 5.73 Å². The van der Waals surface area contributed by atoms with Crippen LogP contribution < -0.4 is 10.6 Å². The molecule has 2 amide bonds. The van der Waals surface area contributed by atoms with Crippen molar-refractivity contribution in [2.24, 2.45) is 5.73 Å². The molecule has 2 aromatic rings. The monoisotopic (exact) mass is 372 g/mol. The van der Waals surface area contributed by atoms with Crippen molar-refractivity contribution >= 4 is 23.1 Å². The summed E-state index contributed by atoms with van der Waals surface area (Å²) in [5.74, 6) is -0.390. The molecule has 0 bridgehead atoms. The first-order chi connectivity index (χ1) is 13.3. The average molecular weight is 372 g/mol. The maximum atomic E-state index is 12.5. The molecule has 0 aromatic heterocycles. The van der Waals surface area contributed by atoms with Crippen molar-refractivity contribution in [1.29, 1.82) is 0 Å². The molecule has 1 aliphatic carbocycles. The number of primary amides is 1. The number of hydrogen-bond acceptors (Lipinski definition) is 2. The van der Waals surface area contributed by atoms with E-state index < -0.39 is 5.91 Å². The lowest BCUT2D eigenvalue weighted by Gasteiger charge is -2.22. The molecule has 0 saturated carbocycles. The van der Waals surface area contributed by atoms with Gasteiger partial charge in [0.25, 0.3) is 5.91 Å². The fourth-order valence-electron chi connectivity index (χ4n) is 4.41. The van der Waals surface area contributed by atoms with Crippen LogP contribution in [0.3, 0.4) is 0 Å². The van der Waals surface area contributed by atoms with E-state index in [1.54, 1.807) is 0 Å². The Hall–Kier alpha value is -3.14. The maximum absolute atomic E-state index is 12.5. The number of fused-ring (bicyclic) bond motifs is 1. The van der Waals surface area contributed by atoms with E-state index in [1.807, 2.05) is 36.1 Å². The third kappa shape index (κ3) is 2.60. The molecule has 0 radical (unpaired) electrons. The summed E-state index contributed by atoms with van der Waals surface area (Å²) in [6, 6.07) is 9.87. The van der Waals surface area contributed by atoms with Gasteiger partial charge < -0.3 is 10.6 Å². The smallest absolute Gasteiger partial charge is 0.253 e. The van der Waals surface area contributed by atoms with Gasteiger partial charge in [0, 0.05) is 23.4 Å². The second-order valence-electron chi connectivity index (χ2n) is 7.72. The van der Waals surface area contributed by atoms with Gasteiger partial charge in [-0.25, -0.2) is 0 Å². The van der Waals surface area contributed by atoms with Gasteiger partial charge in [-0.1, -0.05) is 30.4 Å². The van der Waals surface area contributed by atoms with Gasteiger partial charge in [0.05, 0.1) is 0 Å². The predicted octanol–water partition coefficient (Wildman–Crippen LogP) is 4.40. The summed E-state index contributed by atoms with van der Waals surface area (Å²) in [5, 5.41) is 0. The van der Waals surface area contributed by atoms with Crippen molar-refractivity contribution in [2.45, 2.75) is 33.6 Å². The van der Waals surface area contributed by atoms with Gasteiger partial charge in [0.1, 0.15) is 0 Å². The van der Waals surface area contributed by atoms with Crippen LogP contribution in [0.4, 0.5) is 5.69 Å². The van der Waals surface area contributed by atoms with Crippen molar-refractivity contribution in [2.75, 3.05) is 11.4 Å². The minimum atomic E-state index is -0.392. The molecule has 0 unspecified atom stereocenters. The Morgan fingerprint density at radius 2 is 1.86 bits per heavy atom. The van der Waals surface area contributed by atoms with E-state index in [9.17, 15) is 9.59 Å². The van der Waals surface area contributed by atoms with Crippen LogP contribution in [0, 0.1) is 6.92 Å². The number of nitrogens with zero attached hydrogens (tertiary/aromatic N) is 1. The summed E-state index contributed by atoms with van der Waals surface area (Å²) in [7, 11) is 0. The van der Waals surface area contributed by atoms with E-state index in [0.29, 0.717) is 24.1 Å². The molecule has 1 heterocycles. The average Bonchev–Trinajstić information content (AvgIpc) is 3.14. The highest BCUT2D eigenvalue weighted by Crippen LogP contribution is 2.43. The maximum Gasteiger partial charge on any atom is 0.253 e. The van der Waals surface area contributed by atoms with Gasteiger partial charge in [-0.15, -0.1) is 0 Å². The highest BCUT2D eigenvalue weighted by molar-refractivity contribution is 6.08. The van der Waals surface area contributed by atoms with E-state index >= 15 is 0 Å². The molecule has 28 heavy (non-hydrogen) atoms. The van der Waals surface area contributed by atoms with Gasteiger partial charge in [0.2, 0.25) is 5.91 Å². The molecule has 2 N–H and O–H groups in total. The number of carbonyl (C=O) groups excluding carboxylic acids is 2. The van der Waals surface area contributed by atoms with Gasteiger partial charge in [-0.2, -0.15) is 0 Å². The topological polar surface area (TPSA) is 63.4 Å². The zero-order valence-corrected chi connectivity index (χ0v) is 16.6. The van der Waals surface area contributed by atoms with Crippen LogP contribution in [0.1, 0.15) is 47.3 Å². The van der Waals surface area contributed by atoms with Crippen molar-refractivity contribution in [3.63, 3.8) is 0 Å². The molecule has 1 aliphatic heterocycles. The highest BCUT2D eigenvalue weighted by Gasteiger charge is 2.29. The van der Waals surface area contributed by atoms with Crippen molar-refractivity contribution in [3.8, 4) is 11.1 Å². The Morgan fingerprint density at radius 1 is 1.11 bits per heavy atom. The SMILES string of the molecule is C=C1CCN(c2cccc(-c3ccc(C(N)=O)c4c3C(C)=C(C)C4)c2C)C1=O. The fraction of sp³-hybridized carbons (Fsp3) is 0.250. The lowest BCUT2D eigenvalue weighted by molar-refractivity contribution is -0.114. The summed E-state index contributed by atoms with van der Waals surface area (Å²) < 4.78 is 0. The Bertz CT molecular complexity index is 1090. The van der Waals surface area contributed by atoms with Gasteiger partial charge in [-0.3, -0.25) is 9.59 Å². The first-order valence-electron chi connectivity index (χ1n) is 9.53. The van der Waals surface area contributed by atoms with Crippen molar-refractivity contribution < 1.29 is 9.59 Å². The fourth-order valence-corrected chi connectivity index (χ4v) is 4.41. The molecule has 4 rings (SSSR count). The molecule has 1 fully saturated rings. The standard InChI is InChI=1S/C24H24N2O2/c1-13-10-11-26(24(13)28)21-7-5-6-17(16(21)4)18-8-9-19(23(25)27)20-12-14(2)15(3)22(18)20/h5-9H,1,10-12H2,2-4H3,(H2,25,27). The Morgan fingerprint density at radius 3 is 2.50 bits per heavy atom. The number of rotatable bonds is 3. The number of benzene rings is 2. The predicted molar refractivity (Wildman–Crippen MR) is 113 cm³/mol. The largest absolute Gasteiger partial charge is 0.366 e. The Kier molecular flexibility index (Phi) is 4.22. The summed E-state index contributed by atoms with van der Waals surface area (Å²) >= 11 is 0. The van der Waals surface area contributed by atoms with E-state index in [0.717, 1.165) is 39.9 Å². The molecular formula is C24H24N2O2. The van der Waals surface area contributed by atoms with Crippen LogP contribution in [0.5, 0.6) is 0 Å². The summed E-state index contributed by atoms with van der Waals surface area (Å²) in [6.45, 7) is 10.8. The van der Waals surface area contributed by atoms with E-state index in [-0.39, 0.29) is 5.91 Å². The normalized spacial score (nSPS) is 16.2. The number of amides is 2. The molecule has 4 heteroatoms. The molecule has 4 nitrogen and oxygen atoms in total. The number of allylic oxidation sites excluding steroid dienone is 2. The summed E-state index contributed by atoms with van der Waals surface area (Å²) in [5.41, 5.74) is 15.6. The lowest BCUT2D eigenvalue weighted by atomic mass is 9.88. The lowest BCUT2D eigenvalue weighted by Crippen LogP contribution is -2.25. The Labute approximate surface area is 165 Å². The minimum Gasteiger partial charge on any atom is -0.366 e. The van der Waals surface area contributed by atoms with Crippen LogP contribution in [0.25, 0.3) is 16.7 Å². The number of hydrogen-bond donors (Lipinski definition) is 1. The Balaban J connectivity index is 1.91. The highest BCUT2D eigenvalue weighted by atomic mass is 16.2.